The van der Waals surface area contributed by atoms with Crippen molar-refractivity contribution in [2.75, 3.05) is 0 Å². The van der Waals surface area contributed by atoms with Crippen LogP contribution < -0.4 is 0 Å². The minimum absolute atomic E-state index is 0.228. The first kappa shape index (κ1) is 16.9. The normalized spacial score (nSPS) is 12.1. The number of esters is 1. The number of carbonyl (C=O) groups is 1. The van der Waals surface area contributed by atoms with Crippen LogP contribution in [0.1, 0.15) is 36.7 Å². The van der Waals surface area contributed by atoms with Crippen LogP contribution in [0.4, 0.5) is 0 Å². The minimum Gasteiger partial charge on any atom is -0.453 e. The highest BCUT2D eigenvalue weighted by atomic mass is 16.6. The Balaban J connectivity index is 1.57. The number of rotatable bonds is 6. The molecule has 0 aliphatic carbocycles. The van der Waals surface area contributed by atoms with Gasteiger partial charge < -0.3 is 9.15 Å². The van der Waals surface area contributed by atoms with E-state index >= 15 is 0 Å². The first-order valence-electron chi connectivity index (χ1n) is 8.12. The van der Waals surface area contributed by atoms with E-state index in [1.807, 2.05) is 50.2 Å². The molecule has 2 aromatic heterocycles. The zero-order valence-electron chi connectivity index (χ0n) is 14.5. The van der Waals surface area contributed by atoms with Crippen molar-refractivity contribution >= 4 is 5.97 Å². The van der Waals surface area contributed by atoms with Crippen molar-refractivity contribution in [2.45, 2.75) is 39.8 Å². The maximum Gasteiger partial charge on any atom is 0.308 e. The van der Waals surface area contributed by atoms with Crippen LogP contribution in [0.15, 0.2) is 40.8 Å². The summed E-state index contributed by atoms with van der Waals surface area (Å²) < 4.78 is 12.8. The summed E-state index contributed by atoms with van der Waals surface area (Å²) in [5.41, 5.74) is 2.77. The quantitative estimate of drug-likeness (QED) is 0.641. The maximum absolute atomic E-state index is 12.0. The van der Waals surface area contributed by atoms with Gasteiger partial charge in [0.25, 0.3) is 5.89 Å². The molecule has 0 bridgehead atoms. The molecule has 0 saturated heterocycles. The molecule has 0 aliphatic heterocycles. The summed E-state index contributed by atoms with van der Waals surface area (Å²) in [6, 6.07) is 11.4. The second-order valence-electron chi connectivity index (χ2n) is 5.84. The lowest BCUT2D eigenvalue weighted by Crippen LogP contribution is -2.13. The second kappa shape index (κ2) is 7.29. The van der Waals surface area contributed by atoms with Crippen molar-refractivity contribution in [3.63, 3.8) is 0 Å². The molecule has 0 amide bonds. The van der Waals surface area contributed by atoms with Crippen molar-refractivity contribution in [3.8, 4) is 11.5 Å². The number of hydrogen-bond acceptors (Lipinski definition) is 6. The third kappa shape index (κ3) is 4.12. The Labute approximate surface area is 145 Å². The van der Waals surface area contributed by atoms with Gasteiger partial charge in [0.05, 0.1) is 18.7 Å². The van der Waals surface area contributed by atoms with Crippen LogP contribution in [-0.4, -0.2) is 25.9 Å². The summed E-state index contributed by atoms with van der Waals surface area (Å²) in [4.78, 5) is 12.0. The van der Waals surface area contributed by atoms with Gasteiger partial charge in [0.1, 0.15) is 0 Å². The average Bonchev–Trinajstić information content (AvgIpc) is 3.20. The second-order valence-corrected chi connectivity index (χ2v) is 5.84. The lowest BCUT2D eigenvalue weighted by atomic mass is 10.2. The number of nitrogens with zero attached hydrogens (tertiary/aromatic N) is 4. The van der Waals surface area contributed by atoms with Gasteiger partial charge in [0.15, 0.2) is 6.10 Å². The van der Waals surface area contributed by atoms with Gasteiger partial charge >= 0.3 is 5.97 Å². The first-order chi connectivity index (χ1) is 12.0. The van der Waals surface area contributed by atoms with Gasteiger partial charge in [-0.15, -0.1) is 10.2 Å². The predicted molar refractivity (Wildman–Crippen MR) is 90.6 cm³/mol. The van der Waals surface area contributed by atoms with Gasteiger partial charge in [0, 0.05) is 11.3 Å². The van der Waals surface area contributed by atoms with Crippen LogP contribution in [-0.2, 0) is 16.1 Å². The zero-order chi connectivity index (χ0) is 17.8. The molecule has 0 unspecified atom stereocenters. The lowest BCUT2D eigenvalue weighted by Gasteiger charge is -2.10. The van der Waals surface area contributed by atoms with Crippen molar-refractivity contribution < 1.29 is 13.9 Å². The molecular weight excluding hydrogens is 320 g/mol. The molecule has 3 rings (SSSR count). The van der Waals surface area contributed by atoms with Crippen LogP contribution in [0.25, 0.3) is 11.5 Å². The highest BCUT2D eigenvalue weighted by Crippen LogP contribution is 2.22. The Bertz CT molecular complexity index is 854. The molecule has 0 radical (unpaired) electrons. The molecule has 3 aromatic rings. The van der Waals surface area contributed by atoms with E-state index in [4.69, 9.17) is 9.15 Å². The molecule has 1 atom stereocenters. The molecule has 0 aliphatic rings. The Morgan fingerprint density at radius 1 is 1.24 bits per heavy atom. The number of carbonyl (C=O) groups excluding carboxylic acids is 1. The molecule has 0 fully saturated rings. The number of hydrogen-bond donors (Lipinski definition) is 0. The molecule has 0 saturated carbocycles. The Morgan fingerprint density at radius 3 is 2.68 bits per heavy atom. The third-order valence-corrected chi connectivity index (χ3v) is 3.75. The van der Waals surface area contributed by atoms with E-state index in [0.717, 1.165) is 17.0 Å². The first-order valence-corrected chi connectivity index (χ1v) is 8.12. The van der Waals surface area contributed by atoms with Crippen LogP contribution in [0.3, 0.4) is 0 Å². The maximum atomic E-state index is 12.0. The van der Waals surface area contributed by atoms with Crippen LogP contribution in [0, 0.1) is 13.8 Å². The predicted octanol–water partition coefficient (Wildman–Crippen LogP) is 3.24. The van der Waals surface area contributed by atoms with E-state index in [1.165, 1.54) is 0 Å². The number of aromatic nitrogens is 4. The monoisotopic (exact) mass is 340 g/mol. The number of benzene rings is 1. The fourth-order valence-electron chi connectivity index (χ4n) is 2.50. The van der Waals surface area contributed by atoms with Crippen LogP contribution in [0.2, 0.25) is 0 Å². The number of aryl methyl sites for hydroxylation is 3. The smallest absolute Gasteiger partial charge is 0.308 e. The summed E-state index contributed by atoms with van der Waals surface area (Å²) in [7, 11) is 0. The molecule has 25 heavy (non-hydrogen) atoms. The largest absolute Gasteiger partial charge is 0.453 e. The van der Waals surface area contributed by atoms with Crippen LogP contribution >= 0.6 is 0 Å². The average molecular weight is 340 g/mol. The Hall–Kier alpha value is -2.96. The van der Waals surface area contributed by atoms with E-state index in [1.54, 1.807) is 11.6 Å². The molecule has 2 heterocycles. The highest BCUT2D eigenvalue weighted by molar-refractivity contribution is 5.69. The van der Waals surface area contributed by atoms with E-state index in [9.17, 15) is 4.79 Å². The summed E-state index contributed by atoms with van der Waals surface area (Å²) in [6.07, 6.45) is -0.371. The molecular formula is C18H20N4O3. The summed E-state index contributed by atoms with van der Waals surface area (Å²) in [5, 5.41) is 12.3. The highest BCUT2D eigenvalue weighted by Gasteiger charge is 2.19. The van der Waals surface area contributed by atoms with Crippen molar-refractivity contribution in [2.24, 2.45) is 0 Å². The Morgan fingerprint density at radius 2 is 2.00 bits per heavy atom. The zero-order valence-corrected chi connectivity index (χ0v) is 14.5. The third-order valence-electron chi connectivity index (χ3n) is 3.75. The number of ether oxygens (including phenoxy) is 1. The SMILES string of the molecule is Cc1cc(C)n(CCC(=O)O[C@@H](C)c2nnc(-c3ccccc3)o2)n1. The summed E-state index contributed by atoms with van der Waals surface area (Å²) >= 11 is 0. The molecule has 1 aromatic carbocycles. The van der Waals surface area contributed by atoms with E-state index in [2.05, 4.69) is 15.3 Å². The van der Waals surface area contributed by atoms with Crippen molar-refractivity contribution in [1.29, 1.82) is 0 Å². The van der Waals surface area contributed by atoms with E-state index < -0.39 is 6.10 Å². The molecule has 130 valence electrons. The van der Waals surface area contributed by atoms with E-state index in [0.29, 0.717) is 12.4 Å². The van der Waals surface area contributed by atoms with Crippen molar-refractivity contribution in [1.82, 2.24) is 20.0 Å². The van der Waals surface area contributed by atoms with Crippen LogP contribution in [0.5, 0.6) is 0 Å². The summed E-state index contributed by atoms with van der Waals surface area (Å²) in [5.74, 6) is 0.346. The topological polar surface area (TPSA) is 83.0 Å². The van der Waals surface area contributed by atoms with Crippen molar-refractivity contribution in [3.05, 3.63) is 53.7 Å². The molecule has 7 nitrogen and oxygen atoms in total. The lowest BCUT2D eigenvalue weighted by molar-refractivity contribution is -0.150. The summed E-state index contributed by atoms with van der Waals surface area (Å²) in [6.45, 7) is 6.06. The Kier molecular flexibility index (Phi) is 4.92. The molecule has 7 heteroatoms. The van der Waals surface area contributed by atoms with Gasteiger partial charge in [0.2, 0.25) is 5.89 Å². The molecule has 0 spiro atoms. The van der Waals surface area contributed by atoms with Gasteiger partial charge in [-0.1, -0.05) is 18.2 Å². The van der Waals surface area contributed by atoms with Gasteiger partial charge in [-0.3, -0.25) is 9.48 Å². The molecule has 0 N–H and O–H groups in total. The standard InChI is InChI=1S/C18H20N4O3/c1-12-11-13(2)22(21-12)10-9-16(23)24-14(3)17-19-20-18(25-17)15-7-5-4-6-8-15/h4-8,11,14H,9-10H2,1-3H3/t14-/m0/s1. The van der Waals surface area contributed by atoms with Gasteiger partial charge in [-0.05, 0) is 39.0 Å². The van der Waals surface area contributed by atoms with Gasteiger partial charge in [-0.25, -0.2) is 0 Å². The fourth-order valence-corrected chi connectivity index (χ4v) is 2.50. The minimum atomic E-state index is -0.599. The fraction of sp³-hybridized carbons (Fsp3) is 0.333. The van der Waals surface area contributed by atoms with Gasteiger partial charge in [-0.2, -0.15) is 5.10 Å². The van der Waals surface area contributed by atoms with E-state index in [-0.39, 0.29) is 18.3 Å².